The summed E-state index contributed by atoms with van der Waals surface area (Å²) in [6.07, 6.45) is 4.72. The third-order valence-corrected chi connectivity index (χ3v) is 4.48. The van der Waals surface area contributed by atoms with E-state index in [1.165, 1.54) is 6.08 Å². The first-order valence-corrected chi connectivity index (χ1v) is 9.30. The summed E-state index contributed by atoms with van der Waals surface area (Å²) in [6.45, 7) is 0. The molecule has 1 aliphatic rings. The van der Waals surface area contributed by atoms with E-state index in [1.54, 1.807) is 61.7 Å². The van der Waals surface area contributed by atoms with Crippen LogP contribution in [0.3, 0.4) is 0 Å². The highest BCUT2D eigenvalue weighted by atomic mass is 16.5. The van der Waals surface area contributed by atoms with Gasteiger partial charge in [0.05, 0.1) is 12.7 Å². The summed E-state index contributed by atoms with van der Waals surface area (Å²) in [7, 11) is 1.56. The van der Waals surface area contributed by atoms with Crippen molar-refractivity contribution in [2.45, 2.75) is 0 Å². The molecule has 5 heteroatoms. The molecule has 0 aromatic heterocycles. The van der Waals surface area contributed by atoms with Crippen LogP contribution in [-0.2, 0) is 4.79 Å². The highest BCUT2D eigenvalue weighted by molar-refractivity contribution is 6.14. The molecule has 0 radical (unpaired) electrons. The Balaban J connectivity index is 1.42. The Morgan fingerprint density at radius 1 is 0.900 bits per heavy atom. The molecule has 0 aliphatic carbocycles. The third-order valence-electron chi connectivity index (χ3n) is 4.48. The number of hydrogen-bond donors (Lipinski definition) is 0. The predicted octanol–water partition coefficient (Wildman–Crippen LogP) is 4.93. The van der Waals surface area contributed by atoms with Crippen molar-refractivity contribution in [1.29, 1.82) is 0 Å². The smallest absolute Gasteiger partial charge is 0.336 e. The van der Waals surface area contributed by atoms with Gasteiger partial charge in [-0.05, 0) is 47.5 Å². The number of ether oxygens (including phenoxy) is 3. The normalized spacial score (nSPS) is 13.9. The first-order valence-electron chi connectivity index (χ1n) is 9.30. The average Bonchev–Trinajstić information content (AvgIpc) is 3.09. The predicted molar refractivity (Wildman–Crippen MR) is 113 cm³/mol. The van der Waals surface area contributed by atoms with E-state index in [9.17, 15) is 9.59 Å². The molecule has 0 N–H and O–H groups in total. The summed E-state index contributed by atoms with van der Waals surface area (Å²) in [5, 5.41) is 0. The number of methoxy groups -OCH3 is 1. The van der Waals surface area contributed by atoms with E-state index in [0.717, 1.165) is 11.1 Å². The number of esters is 1. The minimum atomic E-state index is -0.469. The van der Waals surface area contributed by atoms with Gasteiger partial charge in [-0.15, -0.1) is 0 Å². The lowest BCUT2D eigenvalue weighted by atomic mass is 10.1. The van der Waals surface area contributed by atoms with Gasteiger partial charge in [-0.1, -0.05) is 42.5 Å². The number of fused-ring (bicyclic) bond motifs is 1. The van der Waals surface area contributed by atoms with Crippen LogP contribution in [0.15, 0.2) is 84.6 Å². The zero-order valence-electron chi connectivity index (χ0n) is 16.2. The molecule has 0 amide bonds. The van der Waals surface area contributed by atoms with Gasteiger partial charge in [0, 0.05) is 12.1 Å². The molecule has 30 heavy (non-hydrogen) atoms. The number of hydrogen-bond acceptors (Lipinski definition) is 5. The molecule has 0 unspecified atom stereocenters. The number of allylic oxidation sites excluding steroid dienone is 1. The number of carbonyl (C=O) groups excluding carboxylic acids is 2. The second-order valence-electron chi connectivity index (χ2n) is 6.54. The van der Waals surface area contributed by atoms with E-state index in [1.807, 2.05) is 30.3 Å². The standard InChI is InChI=1S/C25H18O5/c1-28-20-12-13-21-22(16-20)30-23(25(21)27)15-18-7-10-19(11-8-18)29-24(26)14-9-17-5-3-2-4-6-17/h2-16H,1H3/b14-9+,23-15-. The molecular formula is C25H18O5. The minimum absolute atomic E-state index is 0.186. The second kappa shape index (κ2) is 8.49. The lowest BCUT2D eigenvalue weighted by molar-refractivity contribution is -0.128. The van der Waals surface area contributed by atoms with Gasteiger partial charge in [-0.2, -0.15) is 0 Å². The van der Waals surface area contributed by atoms with E-state index < -0.39 is 5.97 Å². The van der Waals surface area contributed by atoms with Crippen LogP contribution >= 0.6 is 0 Å². The van der Waals surface area contributed by atoms with Gasteiger partial charge in [0.25, 0.3) is 0 Å². The molecule has 1 heterocycles. The topological polar surface area (TPSA) is 61.8 Å². The SMILES string of the molecule is COc1ccc2c(c1)O/C(=C\c1ccc(OC(=O)/C=C/c3ccccc3)cc1)C2=O. The Morgan fingerprint density at radius 3 is 2.37 bits per heavy atom. The summed E-state index contributed by atoms with van der Waals surface area (Å²) in [5.74, 6) is 1.08. The summed E-state index contributed by atoms with van der Waals surface area (Å²) in [6, 6.07) is 21.4. The average molecular weight is 398 g/mol. The van der Waals surface area contributed by atoms with Crippen LogP contribution in [0, 0.1) is 0 Å². The maximum atomic E-state index is 12.5. The van der Waals surface area contributed by atoms with Crippen molar-refractivity contribution in [2.24, 2.45) is 0 Å². The number of rotatable bonds is 5. The van der Waals surface area contributed by atoms with Gasteiger partial charge < -0.3 is 14.2 Å². The number of Topliss-reactive ketones (excluding diaryl/α,β-unsaturated/α-hetero) is 1. The molecule has 0 spiro atoms. The van der Waals surface area contributed by atoms with Crippen LogP contribution in [-0.4, -0.2) is 18.9 Å². The van der Waals surface area contributed by atoms with E-state index in [4.69, 9.17) is 14.2 Å². The lowest BCUT2D eigenvalue weighted by Gasteiger charge is -2.03. The summed E-state index contributed by atoms with van der Waals surface area (Å²) >= 11 is 0. The zero-order valence-corrected chi connectivity index (χ0v) is 16.2. The molecule has 1 aliphatic heterocycles. The van der Waals surface area contributed by atoms with Gasteiger partial charge >= 0.3 is 5.97 Å². The van der Waals surface area contributed by atoms with E-state index >= 15 is 0 Å². The lowest BCUT2D eigenvalue weighted by Crippen LogP contribution is -2.03. The van der Waals surface area contributed by atoms with Crippen molar-refractivity contribution in [2.75, 3.05) is 7.11 Å². The molecule has 0 bridgehead atoms. The van der Waals surface area contributed by atoms with E-state index in [2.05, 4.69) is 0 Å². The molecule has 0 atom stereocenters. The van der Waals surface area contributed by atoms with Gasteiger partial charge in [-0.25, -0.2) is 4.79 Å². The summed E-state index contributed by atoms with van der Waals surface area (Å²) in [4.78, 5) is 24.5. The van der Waals surface area contributed by atoms with Crippen molar-refractivity contribution < 1.29 is 23.8 Å². The van der Waals surface area contributed by atoms with Crippen molar-refractivity contribution in [1.82, 2.24) is 0 Å². The monoisotopic (exact) mass is 398 g/mol. The molecular weight excluding hydrogens is 380 g/mol. The fourth-order valence-electron chi connectivity index (χ4n) is 2.96. The van der Waals surface area contributed by atoms with E-state index in [-0.39, 0.29) is 11.5 Å². The highest BCUT2D eigenvalue weighted by Crippen LogP contribution is 2.34. The van der Waals surface area contributed by atoms with Crippen molar-refractivity contribution in [3.05, 3.63) is 101 Å². The van der Waals surface area contributed by atoms with Crippen LogP contribution in [0.2, 0.25) is 0 Å². The Kier molecular flexibility index (Phi) is 5.44. The van der Waals surface area contributed by atoms with Gasteiger partial charge in [0.1, 0.15) is 17.2 Å². The number of benzene rings is 3. The fourth-order valence-corrected chi connectivity index (χ4v) is 2.96. The molecule has 5 nitrogen and oxygen atoms in total. The molecule has 148 valence electrons. The third kappa shape index (κ3) is 4.31. The first kappa shape index (κ1) is 19.2. The van der Waals surface area contributed by atoms with Gasteiger partial charge in [0.2, 0.25) is 5.78 Å². The van der Waals surface area contributed by atoms with Crippen LogP contribution in [0.5, 0.6) is 17.2 Å². The molecule has 3 aromatic carbocycles. The fraction of sp³-hybridized carbons (Fsp3) is 0.0400. The number of carbonyl (C=O) groups is 2. The van der Waals surface area contributed by atoms with Crippen LogP contribution in [0.4, 0.5) is 0 Å². The van der Waals surface area contributed by atoms with Crippen molar-refractivity contribution in [3.63, 3.8) is 0 Å². The van der Waals surface area contributed by atoms with Crippen LogP contribution < -0.4 is 14.2 Å². The molecule has 3 aromatic rings. The molecule has 0 fully saturated rings. The highest BCUT2D eigenvalue weighted by Gasteiger charge is 2.27. The Labute approximate surface area is 173 Å². The second-order valence-corrected chi connectivity index (χ2v) is 6.54. The van der Waals surface area contributed by atoms with Crippen LogP contribution in [0.25, 0.3) is 12.2 Å². The largest absolute Gasteiger partial charge is 0.497 e. The van der Waals surface area contributed by atoms with Crippen LogP contribution in [0.1, 0.15) is 21.5 Å². The molecule has 4 rings (SSSR count). The Morgan fingerprint density at radius 2 is 1.63 bits per heavy atom. The first-order chi connectivity index (χ1) is 14.6. The van der Waals surface area contributed by atoms with Gasteiger partial charge in [-0.3, -0.25) is 4.79 Å². The maximum Gasteiger partial charge on any atom is 0.336 e. The summed E-state index contributed by atoms with van der Waals surface area (Å²) in [5.41, 5.74) is 2.16. The van der Waals surface area contributed by atoms with Gasteiger partial charge in [0.15, 0.2) is 5.76 Å². The van der Waals surface area contributed by atoms with Crippen molar-refractivity contribution >= 4 is 23.9 Å². The Bertz CT molecular complexity index is 1140. The van der Waals surface area contributed by atoms with E-state index in [0.29, 0.717) is 22.8 Å². The molecule has 0 saturated heterocycles. The summed E-state index contributed by atoms with van der Waals surface area (Å²) < 4.78 is 16.1. The quantitative estimate of drug-likeness (QED) is 0.346. The minimum Gasteiger partial charge on any atom is -0.497 e. The van der Waals surface area contributed by atoms with Crippen molar-refractivity contribution in [3.8, 4) is 17.2 Å². The number of ketones is 1. The maximum absolute atomic E-state index is 12.5. The Hall–Kier alpha value is -4.12. The zero-order chi connectivity index (χ0) is 20.9. The molecule has 0 saturated carbocycles.